The van der Waals surface area contributed by atoms with Crippen LogP contribution in [0.1, 0.15) is 58.2 Å². The van der Waals surface area contributed by atoms with Crippen LogP contribution in [-0.4, -0.2) is 31.1 Å². The molecular weight excluding hydrogens is 256 g/mol. The third-order valence-electron chi connectivity index (χ3n) is 4.69. The molecule has 0 heterocycles. The van der Waals surface area contributed by atoms with Gasteiger partial charge >= 0.3 is 0 Å². The standard InChI is InChI=1S/C19H34N2/c1-8-17-9-11-18(12-10-17)19(20-6)16(5)21(7)15(4)13-14(2)3/h9-12,14-16,19-20H,8,13H2,1-7H3. The van der Waals surface area contributed by atoms with Gasteiger partial charge in [0, 0.05) is 18.1 Å². The summed E-state index contributed by atoms with van der Waals surface area (Å²) in [6.07, 6.45) is 2.34. The molecule has 2 heteroatoms. The maximum atomic E-state index is 3.50. The molecule has 120 valence electrons. The Morgan fingerprint density at radius 1 is 1.05 bits per heavy atom. The van der Waals surface area contributed by atoms with E-state index in [-0.39, 0.29) is 0 Å². The number of nitrogens with one attached hydrogen (secondary N) is 1. The van der Waals surface area contributed by atoms with Gasteiger partial charge in [0.15, 0.2) is 0 Å². The first-order chi connectivity index (χ1) is 9.90. The number of hydrogen-bond donors (Lipinski definition) is 1. The van der Waals surface area contributed by atoms with Gasteiger partial charge in [-0.1, -0.05) is 45.0 Å². The highest BCUT2D eigenvalue weighted by atomic mass is 15.2. The molecule has 1 rings (SSSR count). The monoisotopic (exact) mass is 290 g/mol. The summed E-state index contributed by atoms with van der Waals surface area (Å²) in [6.45, 7) is 11.5. The van der Waals surface area contributed by atoms with Gasteiger partial charge in [-0.2, -0.15) is 0 Å². The fourth-order valence-corrected chi connectivity index (χ4v) is 3.13. The van der Waals surface area contributed by atoms with Crippen molar-refractivity contribution in [1.29, 1.82) is 0 Å². The second-order valence-corrected chi connectivity index (χ2v) is 6.75. The van der Waals surface area contributed by atoms with Gasteiger partial charge in [-0.05, 0) is 57.8 Å². The molecule has 0 aromatic heterocycles. The maximum Gasteiger partial charge on any atom is 0.0472 e. The molecule has 3 atom stereocenters. The van der Waals surface area contributed by atoms with Crippen molar-refractivity contribution in [2.45, 2.75) is 65.6 Å². The van der Waals surface area contributed by atoms with Crippen LogP contribution >= 0.6 is 0 Å². The lowest BCUT2D eigenvalue weighted by atomic mass is 9.95. The quantitative estimate of drug-likeness (QED) is 0.769. The highest BCUT2D eigenvalue weighted by Gasteiger charge is 2.24. The van der Waals surface area contributed by atoms with Crippen molar-refractivity contribution in [3.63, 3.8) is 0 Å². The molecule has 0 radical (unpaired) electrons. The summed E-state index contributed by atoms with van der Waals surface area (Å²) in [7, 11) is 4.32. The summed E-state index contributed by atoms with van der Waals surface area (Å²) in [6, 6.07) is 10.5. The van der Waals surface area contributed by atoms with Gasteiger partial charge in [-0.15, -0.1) is 0 Å². The normalized spacial score (nSPS) is 16.2. The zero-order chi connectivity index (χ0) is 16.0. The first kappa shape index (κ1) is 18.2. The third kappa shape index (κ3) is 5.12. The van der Waals surface area contributed by atoms with E-state index in [1.807, 2.05) is 0 Å². The Morgan fingerprint density at radius 3 is 2.05 bits per heavy atom. The van der Waals surface area contributed by atoms with E-state index in [1.165, 1.54) is 17.5 Å². The Morgan fingerprint density at radius 2 is 1.62 bits per heavy atom. The van der Waals surface area contributed by atoms with E-state index in [0.29, 0.717) is 18.1 Å². The molecular formula is C19H34N2. The van der Waals surface area contributed by atoms with E-state index in [0.717, 1.165) is 12.3 Å². The van der Waals surface area contributed by atoms with Crippen LogP contribution in [-0.2, 0) is 6.42 Å². The van der Waals surface area contributed by atoms with Crippen molar-refractivity contribution in [2.24, 2.45) is 5.92 Å². The van der Waals surface area contributed by atoms with Crippen LogP contribution in [0, 0.1) is 5.92 Å². The molecule has 0 bridgehead atoms. The highest BCUT2D eigenvalue weighted by molar-refractivity contribution is 5.26. The van der Waals surface area contributed by atoms with Crippen molar-refractivity contribution in [3.05, 3.63) is 35.4 Å². The van der Waals surface area contributed by atoms with Gasteiger partial charge < -0.3 is 5.32 Å². The number of aryl methyl sites for hydroxylation is 1. The Balaban J connectivity index is 2.81. The molecule has 0 aliphatic rings. The molecule has 3 unspecified atom stereocenters. The smallest absolute Gasteiger partial charge is 0.0472 e. The van der Waals surface area contributed by atoms with E-state index in [1.54, 1.807) is 0 Å². The second kappa shape index (κ2) is 8.55. The first-order valence-electron chi connectivity index (χ1n) is 8.38. The van der Waals surface area contributed by atoms with E-state index >= 15 is 0 Å². The van der Waals surface area contributed by atoms with Crippen LogP contribution in [0.15, 0.2) is 24.3 Å². The zero-order valence-corrected chi connectivity index (χ0v) is 15.0. The average Bonchev–Trinajstić information content (AvgIpc) is 2.47. The number of hydrogen-bond acceptors (Lipinski definition) is 2. The molecule has 0 amide bonds. The van der Waals surface area contributed by atoms with Crippen LogP contribution in [0.25, 0.3) is 0 Å². The second-order valence-electron chi connectivity index (χ2n) is 6.75. The fourth-order valence-electron chi connectivity index (χ4n) is 3.13. The summed E-state index contributed by atoms with van der Waals surface area (Å²) in [5, 5.41) is 3.50. The summed E-state index contributed by atoms with van der Waals surface area (Å²) in [5.74, 6) is 0.742. The van der Waals surface area contributed by atoms with Gasteiger partial charge in [0.2, 0.25) is 0 Å². The van der Waals surface area contributed by atoms with Crippen molar-refractivity contribution in [3.8, 4) is 0 Å². The number of nitrogens with zero attached hydrogens (tertiary/aromatic N) is 1. The van der Waals surface area contributed by atoms with Crippen molar-refractivity contribution in [2.75, 3.05) is 14.1 Å². The average molecular weight is 290 g/mol. The SMILES string of the molecule is CCc1ccc(C(NC)C(C)N(C)C(C)CC(C)C)cc1. The lowest BCUT2D eigenvalue weighted by Crippen LogP contribution is -2.44. The van der Waals surface area contributed by atoms with E-state index < -0.39 is 0 Å². The Bertz CT molecular complexity index is 397. The molecule has 0 saturated carbocycles. The van der Waals surface area contributed by atoms with Crippen LogP contribution in [0.3, 0.4) is 0 Å². The largest absolute Gasteiger partial charge is 0.312 e. The molecule has 0 saturated heterocycles. The number of rotatable bonds is 8. The molecule has 0 fully saturated rings. The molecule has 0 spiro atoms. The minimum Gasteiger partial charge on any atom is -0.312 e. The molecule has 1 N–H and O–H groups in total. The number of likely N-dealkylation sites (N-methyl/N-ethyl adjacent to an activating group) is 2. The Kier molecular flexibility index (Phi) is 7.41. The Hall–Kier alpha value is -0.860. The van der Waals surface area contributed by atoms with Gasteiger partial charge in [0.25, 0.3) is 0 Å². The predicted molar refractivity (Wildman–Crippen MR) is 93.8 cm³/mol. The topological polar surface area (TPSA) is 15.3 Å². The molecule has 0 aliphatic heterocycles. The van der Waals surface area contributed by atoms with Crippen LogP contribution in [0.5, 0.6) is 0 Å². The zero-order valence-electron chi connectivity index (χ0n) is 15.0. The maximum absolute atomic E-state index is 3.50. The Labute approximate surface area is 131 Å². The van der Waals surface area contributed by atoms with Crippen molar-refractivity contribution >= 4 is 0 Å². The lowest BCUT2D eigenvalue weighted by Gasteiger charge is -2.37. The van der Waals surface area contributed by atoms with E-state index in [2.05, 4.69) is 83.2 Å². The fraction of sp³-hybridized carbons (Fsp3) is 0.684. The lowest BCUT2D eigenvalue weighted by molar-refractivity contribution is 0.146. The molecule has 0 aliphatic carbocycles. The highest BCUT2D eigenvalue weighted by Crippen LogP contribution is 2.23. The summed E-state index contributed by atoms with van der Waals surface area (Å²) in [4.78, 5) is 2.51. The van der Waals surface area contributed by atoms with Gasteiger partial charge in [0.1, 0.15) is 0 Å². The van der Waals surface area contributed by atoms with Crippen LogP contribution in [0.4, 0.5) is 0 Å². The molecule has 1 aromatic carbocycles. The predicted octanol–water partition coefficient (Wildman–Crippen LogP) is 4.26. The van der Waals surface area contributed by atoms with E-state index in [9.17, 15) is 0 Å². The summed E-state index contributed by atoms with van der Waals surface area (Å²) in [5.41, 5.74) is 2.79. The molecule has 1 aromatic rings. The minimum atomic E-state index is 0.371. The van der Waals surface area contributed by atoms with E-state index in [4.69, 9.17) is 0 Å². The van der Waals surface area contributed by atoms with Crippen molar-refractivity contribution in [1.82, 2.24) is 10.2 Å². The van der Waals surface area contributed by atoms with Gasteiger partial charge in [0.05, 0.1) is 0 Å². The van der Waals surface area contributed by atoms with Crippen LogP contribution < -0.4 is 5.32 Å². The van der Waals surface area contributed by atoms with Gasteiger partial charge in [-0.25, -0.2) is 0 Å². The third-order valence-corrected chi connectivity index (χ3v) is 4.69. The van der Waals surface area contributed by atoms with Crippen molar-refractivity contribution < 1.29 is 0 Å². The van der Waals surface area contributed by atoms with Crippen LogP contribution in [0.2, 0.25) is 0 Å². The minimum absolute atomic E-state index is 0.371. The first-order valence-corrected chi connectivity index (χ1v) is 8.38. The van der Waals surface area contributed by atoms with Gasteiger partial charge in [-0.3, -0.25) is 4.90 Å². The molecule has 21 heavy (non-hydrogen) atoms. The molecule has 2 nitrogen and oxygen atoms in total. The number of benzene rings is 1. The summed E-state index contributed by atoms with van der Waals surface area (Å²) >= 11 is 0. The summed E-state index contributed by atoms with van der Waals surface area (Å²) < 4.78 is 0.